The Morgan fingerprint density at radius 1 is 1.24 bits per heavy atom. The van der Waals surface area contributed by atoms with E-state index in [2.05, 4.69) is 54.5 Å². The van der Waals surface area contributed by atoms with Crippen molar-refractivity contribution in [1.82, 2.24) is 0 Å². The first-order chi connectivity index (χ1) is 9.72. The molecule has 0 aromatic carbocycles. The van der Waals surface area contributed by atoms with Crippen molar-refractivity contribution in [3.05, 3.63) is 22.8 Å². The maximum absolute atomic E-state index is 2.56. The first-order valence-corrected chi connectivity index (χ1v) is 9.13. The standard InChI is InChI=1S/C21H36/c1-8-17(15(2)3)14-18-10-11-19-20(5,6)12-9-13-21(19,7)16(18)4/h14-15,19H,8-13H2,1-7H3/b17-14+. The number of fused-ring (bicyclic) bond motifs is 1. The van der Waals surface area contributed by atoms with Crippen LogP contribution in [0, 0.1) is 22.7 Å². The molecular formula is C21H36. The molecule has 2 atom stereocenters. The molecule has 2 rings (SSSR count). The van der Waals surface area contributed by atoms with Gasteiger partial charge in [0.25, 0.3) is 0 Å². The van der Waals surface area contributed by atoms with Gasteiger partial charge in [-0.2, -0.15) is 0 Å². The highest BCUT2D eigenvalue weighted by molar-refractivity contribution is 5.36. The smallest absolute Gasteiger partial charge is 0.00799 e. The Labute approximate surface area is 133 Å². The Morgan fingerprint density at radius 2 is 1.90 bits per heavy atom. The Bertz CT molecular complexity index is 447. The average Bonchev–Trinajstić information content (AvgIpc) is 2.38. The molecule has 21 heavy (non-hydrogen) atoms. The van der Waals surface area contributed by atoms with E-state index >= 15 is 0 Å². The fourth-order valence-corrected chi connectivity index (χ4v) is 5.22. The zero-order valence-corrected chi connectivity index (χ0v) is 15.5. The van der Waals surface area contributed by atoms with Gasteiger partial charge in [-0.25, -0.2) is 0 Å². The second-order valence-electron chi connectivity index (χ2n) is 8.73. The molecule has 1 saturated carbocycles. The van der Waals surface area contributed by atoms with Crippen molar-refractivity contribution in [3.8, 4) is 0 Å². The summed E-state index contributed by atoms with van der Waals surface area (Å²) in [5.41, 5.74) is 5.97. The zero-order valence-electron chi connectivity index (χ0n) is 15.5. The van der Waals surface area contributed by atoms with Crippen molar-refractivity contribution < 1.29 is 0 Å². The SMILES string of the molecule is CC/C(=C\C1=C(C)C2(C)CCCC(C)(C)C2CC1)C(C)C. The van der Waals surface area contributed by atoms with Gasteiger partial charge >= 0.3 is 0 Å². The highest BCUT2D eigenvalue weighted by Gasteiger charge is 2.49. The van der Waals surface area contributed by atoms with Gasteiger partial charge in [-0.1, -0.05) is 65.2 Å². The molecular weight excluding hydrogens is 252 g/mol. The molecule has 0 saturated heterocycles. The predicted octanol–water partition coefficient (Wildman–Crippen LogP) is 6.92. The lowest BCUT2D eigenvalue weighted by Gasteiger charge is -2.54. The predicted molar refractivity (Wildman–Crippen MR) is 94.4 cm³/mol. The summed E-state index contributed by atoms with van der Waals surface area (Å²) < 4.78 is 0. The maximum Gasteiger partial charge on any atom is -0.00799 e. The summed E-state index contributed by atoms with van der Waals surface area (Å²) in [5.74, 6) is 1.56. The highest BCUT2D eigenvalue weighted by Crippen LogP contribution is 2.59. The van der Waals surface area contributed by atoms with Crippen LogP contribution in [0.25, 0.3) is 0 Å². The van der Waals surface area contributed by atoms with Crippen molar-refractivity contribution in [3.63, 3.8) is 0 Å². The second kappa shape index (κ2) is 5.94. The molecule has 0 nitrogen and oxygen atoms in total. The van der Waals surface area contributed by atoms with Crippen LogP contribution in [0.4, 0.5) is 0 Å². The highest BCUT2D eigenvalue weighted by atomic mass is 14.5. The van der Waals surface area contributed by atoms with Crippen LogP contribution in [0.5, 0.6) is 0 Å². The van der Waals surface area contributed by atoms with E-state index in [0.29, 0.717) is 16.7 Å². The quantitative estimate of drug-likeness (QED) is 0.528. The van der Waals surface area contributed by atoms with E-state index in [-0.39, 0.29) is 0 Å². The minimum Gasteiger partial charge on any atom is -0.0677 e. The van der Waals surface area contributed by atoms with Crippen LogP contribution >= 0.6 is 0 Å². The van der Waals surface area contributed by atoms with Crippen molar-refractivity contribution >= 4 is 0 Å². The van der Waals surface area contributed by atoms with Crippen molar-refractivity contribution in [2.75, 3.05) is 0 Å². The molecule has 0 aromatic rings. The van der Waals surface area contributed by atoms with E-state index in [9.17, 15) is 0 Å². The third-order valence-electron chi connectivity index (χ3n) is 6.78. The van der Waals surface area contributed by atoms with Gasteiger partial charge < -0.3 is 0 Å². The summed E-state index contributed by atoms with van der Waals surface area (Å²) in [6, 6.07) is 0. The minimum absolute atomic E-state index is 0.446. The van der Waals surface area contributed by atoms with E-state index in [0.717, 1.165) is 5.92 Å². The van der Waals surface area contributed by atoms with E-state index in [1.54, 1.807) is 16.7 Å². The monoisotopic (exact) mass is 288 g/mol. The molecule has 0 amide bonds. The molecule has 1 fully saturated rings. The normalized spacial score (nSPS) is 33.3. The molecule has 2 aliphatic rings. The molecule has 0 aromatic heterocycles. The van der Waals surface area contributed by atoms with Gasteiger partial charge in [0.2, 0.25) is 0 Å². The number of allylic oxidation sites excluding steroid dienone is 4. The van der Waals surface area contributed by atoms with E-state index in [4.69, 9.17) is 0 Å². The zero-order chi connectivity index (χ0) is 15.8. The first kappa shape index (κ1) is 16.8. The van der Waals surface area contributed by atoms with Crippen molar-refractivity contribution in [1.29, 1.82) is 0 Å². The molecule has 0 N–H and O–H groups in total. The Morgan fingerprint density at radius 3 is 2.48 bits per heavy atom. The Kier molecular flexibility index (Phi) is 4.76. The second-order valence-corrected chi connectivity index (χ2v) is 8.73. The van der Waals surface area contributed by atoms with Crippen LogP contribution in [0.3, 0.4) is 0 Å². The summed E-state index contributed by atoms with van der Waals surface area (Å²) in [7, 11) is 0. The third-order valence-corrected chi connectivity index (χ3v) is 6.78. The van der Waals surface area contributed by atoms with Crippen LogP contribution in [0.1, 0.15) is 87.0 Å². The topological polar surface area (TPSA) is 0 Å². The average molecular weight is 289 g/mol. The molecule has 0 radical (unpaired) electrons. The van der Waals surface area contributed by atoms with Gasteiger partial charge in [-0.3, -0.25) is 0 Å². The van der Waals surface area contributed by atoms with Gasteiger partial charge in [-0.15, -0.1) is 0 Å². The summed E-state index contributed by atoms with van der Waals surface area (Å²) >= 11 is 0. The van der Waals surface area contributed by atoms with Crippen LogP contribution < -0.4 is 0 Å². The van der Waals surface area contributed by atoms with E-state index in [1.165, 1.54) is 38.5 Å². The fourth-order valence-electron chi connectivity index (χ4n) is 5.22. The number of hydrogen-bond acceptors (Lipinski definition) is 0. The first-order valence-electron chi connectivity index (χ1n) is 9.13. The molecule has 120 valence electrons. The van der Waals surface area contributed by atoms with E-state index < -0.39 is 0 Å². The molecule has 0 bridgehead atoms. The lowest BCUT2D eigenvalue weighted by atomic mass is 9.50. The summed E-state index contributed by atoms with van der Waals surface area (Å²) in [6.45, 7) is 17.0. The van der Waals surface area contributed by atoms with Crippen molar-refractivity contribution in [2.24, 2.45) is 22.7 Å². The summed E-state index contributed by atoms with van der Waals surface area (Å²) in [4.78, 5) is 0. The van der Waals surface area contributed by atoms with Crippen LogP contribution in [-0.2, 0) is 0 Å². The van der Waals surface area contributed by atoms with Gasteiger partial charge in [0.1, 0.15) is 0 Å². The molecule has 2 unspecified atom stereocenters. The van der Waals surface area contributed by atoms with Crippen molar-refractivity contribution in [2.45, 2.75) is 87.0 Å². The van der Waals surface area contributed by atoms with Gasteiger partial charge in [0, 0.05) is 0 Å². The molecule has 0 heterocycles. The molecule has 0 heteroatoms. The summed E-state index contributed by atoms with van der Waals surface area (Å²) in [5, 5.41) is 0. The maximum atomic E-state index is 2.56. The van der Waals surface area contributed by atoms with Crippen LogP contribution in [0.15, 0.2) is 22.8 Å². The van der Waals surface area contributed by atoms with Crippen LogP contribution in [0.2, 0.25) is 0 Å². The third kappa shape index (κ3) is 3.01. The van der Waals surface area contributed by atoms with Gasteiger partial charge in [-0.05, 0) is 67.3 Å². The molecule has 0 spiro atoms. The minimum atomic E-state index is 0.446. The number of rotatable bonds is 3. The fraction of sp³-hybridized carbons (Fsp3) is 0.810. The largest absolute Gasteiger partial charge is 0.0677 e. The van der Waals surface area contributed by atoms with Gasteiger partial charge in [0.15, 0.2) is 0 Å². The summed E-state index contributed by atoms with van der Waals surface area (Å²) in [6.07, 6.45) is 10.7. The Hall–Kier alpha value is -0.520. The lowest BCUT2D eigenvalue weighted by Crippen LogP contribution is -2.45. The molecule has 0 aliphatic heterocycles. The van der Waals surface area contributed by atoms with Gasteiger partial charge in [0.05, 0.1) is 0 Å². The Balaban J connectivity index is 2.40. The number of hydrogen-bond donors (Lipinski definition) is 0. The van der Waals surface area contributed by atoms with E-state index in [1.807, 2.05) is 0 Å². The van der Waals surface area contributed by atoms with Crippen LogP contribution in [-0.4, -0.2) is 0 Å². The molecule has 2 aliphatic carbocycles. The lowest BCUT2D eigenvalue weighted by molar-refractivity contribution is 0.0134.